The highest BCUT2D eigenvalue weighted by molar-refractivity contribution is 5.94. The van der Waals surface area contributed by atoms with E-state index < -0.39 is 5.97 Å². The van der Waals surface area contributed by atoms with Crippen LogP contribution >= 0.6 is 0 Å². The number of hydrogen-bond donors (Lipinski definition) is 0. The predicted octanol–water partition coefficient (Wildman–Crippen LogP) is 6.86. The van der Waals surface area contributed by atoms with Crippen molar-refractivity contribution in [3.05, 3.63) is 130 Å². The van der Waals surface area contributed by atoms with Crippen molar-refractivity contribution in [3.63, 3.8) is 0 Å². The molecule has 4 nitrogen and oxygen atoms in total. The maximum absolute atomic E-state index is 12.6. The largest absolute Gasteiger partial charge is 0.497 e. The summed E-state index contributed by atoms with van der Waals surface area (Å²) in [6.45, 7) is 3.70. The van der Waals surface area contributed by atoms with Crippen LogP contribution in [0.3, 0.4) is 0 Å². The molecule has 0 saturated heterocycles. The summed E-state index contributed by atoms with van der Waals surface area (Å²) in [5.74, 6) is 1.21. The van der Waals surface area contributed by atoms with Crippen molar-refractivity contribution >= 4 is 11.8 Å². The van der Waals surface area contributed by atoms with E-state index in [0.29, 0.717) is 16.9 Å². The van der Waals surface area contributed by atoms with Gasteiger partial charge in [-0.2, -0.15) is 0 Å². The van der Waals surface area contributed by atoms with E-state index in [4.69, 9.17) is 9.47 Å². The first-order valence-electron chi connectivity index (χ1n) is 11.6. The van der Waals surface area contributed by atoms with Crippen LogP contribution in [-0.4, -0.2) is 18.9 Å². The molecule has 1 unspecified atom stereocenters. The molecule has 0 radical (unpaired) electrons. The first-order valence-corrected chi connectivity index (χ1v) is 11.6. The Morgan fingerprint density at radius 3 is 1.57 bits per heavy atom. The van der Waals surface area contributed by atoms with Gasteiger partial charge in [0.15, 0.2) is 5.78 Å². The first-order chi connectivity index (χ1) is 16.9. The molecule has 4 aromatic rings. The van der Waals surface area contributed by atoms with Crippen LogP contribution in [0.1, 0.15) is 62.7 Å². The number of esters is 1. The van der Waals surface area contributed by atoms with Gasteiger partial charge in [0.2, 0.25) is 0 Å². The van der Waals surface area contributed by atoms with E-state index in [0.717, 1.165) is 28.9 Å². The molecule has 0 amide bonds. The molecule has 0 fully saturated rings. The van der Waals surface area contributed by atoms with Gasteiger partial charge in [0.1, 0.15) is 11.5 Å². The number of methoxy groups -OCH3 is 1. The lowest BCUT2D eigenvalue weighted by Gasteiger charge is -2.14. The van der Waals surface area contributed by atoms with Gasteiger partial charge < -0.3 is 9.47 Å². The Morgan fingerprint density at radius 1 is 0.657 bits per heavy atom. The Kier molecular flexibility index (Phi) is 7.41. The van der Waals surface area contributed by atoms with Crippen molar-refractivity contribution < 1.29 is 19.1 Å². The zero-order valence-corrected chi connectivity index (χ0v) is 20.2. The molecule has 0 bridgehead atoms. The molecule has 35 heavy (non-hydrogen) atoms. The molecule has 4 aromatic carbocycles. The van der Waals surface area contributed by atoms with E-state index in [1.165, 1.54) is 5.56 Å². The van der Waals surface area contributed by atoms with Crippen LogP contribution in [-0.2, 0) is 6.42 Å². The highest BCUT2D eigenvalue weighted by Crippen LogP contribution is 2.27. The minimum atomic E-state index is -0.390. The number of hydrogen-bond acceptors (Lipinski definition) is 4. The van der Waals surface area contributed by atoms with E-state index in [-0.39, 0.29) is 11.7 Å². The molecule has 4 heteroatoms. The Labute approximate surface area is 206 Å². The number of ketones is 1. The van der Waals surface area contributed by atoms with Crippen LogP contribution in [0.4, 0.5) is 0 Å². The molecule has 4 rings (SSSR count). The fourth-order valence-corrected chi connectivity index (χ4v) is 3.93. The van der Waals surface area contributed by atoms with Gasteiger partial charge in [-0.15, -0.1) is 0 Å². The molecule has 1 atom stereocenters. The Bertz CT molecular complexity index is 1290. The second-order valence-corrected chi connectivity index (χ2v) is 8.58. The van der Waals surface area contributed by atoms with Crippen LogP contribution in [0.2, 0.25) is 0 Å². The molecule has 0 aromatic heterocycles. The minimum absolute atomic E-state index is 0.0563. The zero-order valence-electron chi connectivity index (χ0n) is 20.2. The number of Topliss-reactive ketones (excluding diaryl/α,β-unsaturated/α-hetero) is 1. The van der Waals surface area contributed by atoms with E-state index in [2.05, 4.69) is 19.1 Å². The Balaban J connectivity index is 1.36. The molecule has 0 aliphatic heterocycles. The summed E-state index contributed by atoms with van der Waals surface area (Å²) in [6, 6.07) is 30.6. The monoisotopic (exact) mass is 464 g/mol. The number of carbonyl (C=O) groups excluding carboxylic acids is 2. The fourth-order valence-electron chi connectivity index (χ4n) is 3.93. The van der Waals surface area contributed by atoms with Crippen molar-refractivity contribution in [2.75, 3.05) is 7.11 Å². The summed E-state index contributed by atoms with van der Waals surface area (Å²) >= 11 is 0. The zero-order chi connectivity index (χ0) is 24.8. The lowest BCUT2D eigenvalue weighted by Crippen LogP contribution is -2.08. The van der Waals surface area contributed by atoms with Gasteiger partial charge in [0, 0.05) is 11.5 Å². The summed E-state index contributed by atoms with van der Waals surface area (Å²) in [5.41, 5.74) is 5.70. The van der Waals surface area contributed by atoms with Crippen molar-refractivity contribution in [2.24, 2.45) is 0 Å². The standard InChI is InChI=1S/C31H28O4/c1-21(25-12-16-29(34-3)17-13-25)26-14-18-30(19-15-26)35-31(33)28-10-6-24(7-11-28)20-23-4-8-27(9-5-23)22(2)32/h4-19,21H,20H2,1-3H3. The van der Waals surface area contributed by atoms with E-state index >= 15 is 0 Å². The first kappa shape index (κ1) is 24.0. The average Bonchev–Trinajstić information content (AvgIpc) is 2.89. The molecule has 0 aliphatic rings. The number of rotatable bonds is 8. The fraction of sp³-hybridized carbons (Fsp3) is 0.161. The van der Waals surface area contributed by atoms with Crippen molar-refractivity contribution in [1.29, 1.82) is 0 Å². The molecular weight excluding hydrogens is 436 g/mol. The number of carbonyl (C=O) groups is 2. The number of ether oxygens (including phenoxy) is 2. The van der Waals surface area contributed by atoms with Gasteiger partial charge in [-0.3, -0.25) is 4.79 Å². The Morgan fingerprint density at radius 2 is 1.11 bits per heavy atom. The quantitative estimate of drug-likeness (QED) is 0.162. The summed E-state index contributed by atoms with van der Waals surface area (Å²) < 4.78 is 10.8. The molecule has 176 valence electrons. The van der Waals surface area contributed by atoms with Crippen LogP contribution in [0, 0.1) is 0 Å². The van der Waals surface area contributed by atoms with Crippen LogP contribution in [0.5, 0.6) is 11.5 Å². The van der Waals surface area contributed by atoms with Gasteiger partial charge in [0.25, 0.3) is 0 Å². The van der Waals surface area contributed by atoms with Crippen molar-refractivity contribution in [3.8, 4) is 11.5 Å². The van der Waals surface area contributed by atoms with Crippen LogP contribution in [0.15, 0.2) is 97.1 Å². The van der Waals surface area contributed by atoms with E-state index in [1.807, 2.05) is 72.8 Å². The van der Waals surface area contributed by atoms with Gasteiger partial charge in [-0.25, -0.2) is 4.79 Å². The predicted molar refractivity (Wildman–Crippen MR) is 138 cm³/mol. The SMILES string of the molecule is COc1ccc(C(C)c2ccc(OC(=O)c3ccc(Cc4ccc(C(C)=O)cc4)cc3)cc2)cc1. The van der Waals surface area contributed by atoms with Crippen LogP contribution in [0.25, 0.3) is 0 Å². The molecule has 0 spiro atoms. The minimum Gasteiger partial charge on any atom is -0.497 e. The molecule has 0 heterocycles. The van der Waals surface area contributed by atoms with E-state index in [1.54, 1.807) is 26.2 Å². The lowest BCUT2D eigenvalue weighted by atomic mass is 9.93. The van der Waals surface area contributed by atoms with Gasteiger partial charge in [0.05, 0.1) is 12.7 Å². The summed E-state index contributed by atoms with van der Waals surface area (Å²) in [7, 11) is 1.66. The second kappa shape index (κ2) is 10.8. The van der Waals surface area contributed by atoms with Crippen molar-refractivity contribution in [1.82, 2.24) is 0 Å². The second-order valence-electron chi connectivity index (χ2n) is 8.58. The van der Waals surface area contributed by atoms with Gasteiger partial charge in [-0.05, 0) is 72.0 Å². The van der Waals surface area contributed by atoms with Crippen molar-refractivity contribution in [2.45, 2.75) is 26.2 Å². The third kappa shape index (κ3) is 6.04. The lowest BCUT2D eigenvalue weighted by molar-refractivity contribution is 0.0734. The highest BCUT2D eigenvalue weighted by Gasteiger charge is 2.12. The number of benzene rings is 4. The van der Waals surface area contributed by atoms with E-state index in [9.17, 15) is 9.59 Å². The third-order valence-electron chi connectivity index (χ3n) is 6.16. The maximum atomic E-state index is 12.6. The maximum Gasteiger partial charge on any atom is 0.343 e. The topological polar surface area (TPSA) is 52.6 Å². The molecule has 0 N–H and O–H groups in total. The summed E-state index contributed by atoms with van der Waals surface area (Å²) in [5, 5.41) is 0. The van der Waals surface area contributed by atoms with Crippen LogP contribution < -0.4 is 9.47 Å². The summed E-state index contributed by atoms with van der Waals surface area (Å²) in [6.07, 6.45) is 0.724. The molecular formula is C31H28O4. The normalized spacial score (nSPS) is 11.5. The smallest absolute Gasteiger partial charge is 0.343 e. The summed E-state index contributed by atoms with van der Waals surface area (Å²) in [4.78, 5) is 24.0. The molecule has 0 aliphatic carbocycles. The highest BCUT2D eigenvalue weighted by atomic mass is 16.5. The third-order valence-corrected chi connectivity index (χ3v) is 6.16. The average molecular weight is 465 g/mol. The van der Waals surface area contributed by atoms with Gasteiger partial charge in [-0.1, -0.05) is 67.6 Å². The molecule has 0 saturated carbocycles. The Hall–Kier alpha value is -4.18. The van der Waals surface area contributed by atoms with Gasteiger partial charge >= 0.3 is 5.97 Å².